The van der Waals surface area contributed by atoms with Crippen LogP contribution >= 0.6 is 0 Å². The van der Waals surface area contributed by atoms with E-state index >= 15 is 0 Å². The van der Waals surface area contributed by atoms with Gasteiger partial charge in [-0.3, -0.25) is 4.79 Å². The molecule has 2 aromatic rings. The summed E-state index contributed by atoms with van der Waals surface area (Å²) in [5, 5.41) is 0. The van der Waals surface area contributed by atoms with Crippen molar-refractivity contribution in [2.24, 2.45) is 5.73 Å². The molecule has 2 nitrogen and oxygen atoms in total. The lowest BCUT2D eigenvalue weighted by atomic mass is 9.88. The summed E-state index contributed by atoms with van der Waals surface area (Å²) in [6.45, 7) is 0. The third-order valence-electron chi connectivity index (χ3n) is 3.55. The normalized spacial score (nSPS) is 12.6. The monoisotopic (exact) mass is 273 g/mol. The second-order valence-electron chi connectivity index (χ2n) is 4.96. The quantitative estimate of drug-likeness (QED) is 0.663. The molecule has 0 fully saturated rings. The number of rotatable bonds is 2. The van der Waals surface area contributed by atoms with Gasteiger partial charge in [0.1, 0.15) is 0 Å². The van der Waals surface area contributed by atoms with Crippen LogP contribution in [0.2, 0.25) is 0 Å². The van der Waals surface area contributed by atoms with Crippen molar-refractivity contribution in [1.29, 1.82) is 0 Å². The van der Waals surface area contributed by atoms with Crippen molar-refractivity contribution in [3.05, 3.63) is 65.2 Å². The summed E-state index contributed by atoms with van der Waals surface area (Å²) in [4.78, 5) is 11.0. The number of carbonyl (C=O) groups excluding carboxylic acids is 1. The number of nitrogens with two attached hydrogens (primary N) is 1. The van der Waals surface area contributed by atoms with E-state index in [2.05, 4.69) is 30.0 Å². The van der Waals surface area contributed by atoms with Crippen molar-refractivity contribution in [3.8, 4) is 23.0 Å². The second-order valence-corrected chi connectivity index (χ2v) is 4.96. The predicted octanol–water partition coefficient (Wildman–Crippen LogP) is 3.15. The average Bonchev–Trinajstić information content (AvgIpc) is 2.47. The first kappa shape index (κ1) is 13.2. The first-order valence-corrected chi connectivity index (χ1v) is 6.93. The van der Waals surface area contributed by atoms with Crippen molar-refractivity contribution < 1.29 is 4.79 Å². The van der Waals surface area contributed by atoms with E-state index in [0.717, 1.165) is 29.5 Å². The van der Waals surface area contributed by atoms with Crippen molar-refractivity contribution in [1.82, 2.24) is 0 Å². The zero-order valence-electron chi connectivity index (χ0n) is 11.6. The summed E-state index contributed by atoms with van der Waals surface area (Å²) in [6, 6.07) is 14.3. The minimum Gasteiger partial charge on any atom is -0.366 e. The fourth-order valence-electron chi connectivity index (χ4n) is 2.62. The lowest BCUT2D eigenvalue weighted by Gasteiger charge is -2.15. The van der Waals surface area contributed by atoms with Gasteiger partial charge in [-0.15, -0.1) is 0 Å². The van der Waals surface area contributed by atoms with Crippen LogP contribution in [-0.4, -0.2) is 5.91 Å². The second kappa shape index (κ2) is 5.68. The van der Waals surface area contributed by atoms with Crippen molar-refractivity contribution >= 4 is 12.0 Å². The van der Waals surface area contributed by atoms with Crippen molar-refractivity contribution in [2.45, 2.75) is 12.8 Å². The zero-order valence-corrected chi connectivity index (χ0v) is 11.6. The molecule has 0 aromatic heterocycles. The Bertz CT molecular complexity index is 791. The van der Waals surface area contributed by atoms with Crippen LogP contribution in [0, 0.1) is 11.8 Å². The molecule has 0 saturated carbocycles. The first-order valence-electron chi connectivity index (χ1n) is 6.93. The SMILES string of the molecule is NC(=O)C=Cc1cccc2c1-c1ccccc1CCC#C2. The predicted molar refractivity (Wildman–Crippen MR) is 85.3 cm³/mol. The number of benzene rings is 2. The maximum absolute atomic E-state index is 11.0. The summed E-state index contributed by atoms with van der Waals surface area (Å²) < 4.78 is 0. The topological polar surface area (TPSA) is 43.1 Å². The molecule has 1 amide bonds. The number of aryl methyl sites for hydroxylation is 1. The molecule has 0 spiro atoms. The van der Waals surface area contributed by atoms with E-state index in [1.54, 1.807) is 6.08 Å². The summed E-state index contributed by atoms with van der Waals surface area (Å²) in [7, 11) is 0. The lowest BCUT2D eigenvalue weighted by molar-refractivity contribution is -0.113. The minimum absolute atomic E-state index is 0.446. The Labute approximate surface area is 124 Å². The van der Waals surface area contributed by atoms with Gasteiger partial charge in [0.2, 0.25) is 5.91 Å². The molecule has 1 aliphatic carbocycles. The molecule has 0 saturated heterocycles. The molecule has 0 unspecified atom stereocenters. The molecule has 3 rings (SSSR count). The molecular weight excluding hydrogens is 258 g/mol. The fourth-order valence-corrected chi connectivity index (χ4v) is 2.62. The van der Waals surface area contributed by atoms with Gasteiger partial charge in [-0.05, 0) is 35.3 Å². The molecule has 0 aliphatic heterocycles. The van der Waals surface area contributed by atoms with E-state index in [0.29, 0.717) is 0 Å². The van der Waals surface area contributed by atoms with Gasteiger partial charge in [-0.1, -0.05) is 48.2 Å². The molecule has 2 heteroatoms. The molecule has 0 radical (unpaired) electrons. The van der Waals surface area contributed by atoms with Crippen molar-refractivity contribution in [2.75, 3.05) is 0 Å². The molecule has 21 heavy (non-hydrogen) atoms. The van der Waals surface area contributed by atoms with Crippen LogP contribution in [0.4, 0.5) is 0 Å². The highest BCUT2D eigenvalue weighted by molar-refractivity contribution is 5.93. The number of primary amides is 1. The van der Waals surface area contributed by atoms with Crippen LogP contribution < -0.4 is 5.73 Å². The summed E-state index contributed by atoms with van der Waals surface area (Å²) in [5.41, 5.74) is 10.7. The molecule has 0 atom stereocenters. The fraction of sp³-hybridized carbons (Fsp3) is 0.105. The van der Waals surface area contributed by atoms with Crippen LogP contribution in [0.5, 0.6) is 0 Å². The van der Waals surface area contributed by atoms with Crippen LogP contribution in [-0.2, 0) is 11.2 Å². The molecule has 2 N–H and O–H groups in total. The largest absolute Gasteiger partial charge is 0.366 e. The highest BCUT2D eigenvalue weighted by Crippen LogP contribution is 2.32. The number of hydrogen-bond acceptors (Lipinski definition) is 1. The molecule has 0 bridgehead atoms. The third kappa shape index (κ3) is 2.73. The van der Waals surface area contributed by atoms with Gasteiger partial charge in [-0.2, -0.15) is 0 Å². The number of fused-ring (bicyclic) bond motifs is 3. The first-order chi connectivity index (χ1) is 10.3. The Balaban J connectivity index is 2.27. The average molecular weight is 273 g/mol. The lowest BCUT2D eigenvalue weighted by Crippen LogP contribution is -2.05. The van der Waals surface area contributed by atoms with Gasteiger partial charge in [-0.25, -0.2) is 0 Å². The third-order valence-corrected chi connectivity index (χ3v) is 3.55. The van der Waals surface area contributed by atoms with Crippen LogP contribution in [0.15, 0.2) is 48.5 Å². The molecule has 102 valence electrons. The Morgan fingerprint density at radius 1 is 1.14 bits per heavy atom. The van der Waals surface area contributed by atoms with E-state index in [1.165, 1.54) is 17.2 Å². The highest BCUT2D eigenvalue weighted by atomic mass is 16.1. The standard InChI is InChI=1S/C19H15NO/c20-18(21)13-12-16-10-5-9-15-8-2-1-6-14-7-3-4-11-17(14)19(15)16/h3-5,7,9-13H,1,6H2,(H2,20,21). The van der Waals surface area contributed by atoms with Crippen LogP contribution in [0.1, 0.15) is 23.1 Å². The maximum atomic E-state index is 11.0. The Morgan fingerprint density at radius 2 is 2.00 bits per heavy atom. The van der Waals surface area contributed by atoms with E-state index in [4.69, 9.17) is 5.73 Å². The van der Waals surface area contributed by atoms with E-state index < -0.39 is 5.91 Å². The summed E-state index contributed by atoms with van der Waals surface area (Å²) in [6.07, 6.45) is 4.96. The summed E-state index contributed by atoms with van der Waals surface area (Å²) >= 11 is 0. The Kier molecular flexibility index (Phi) is 3.57. The highest BCUT2D eigenvalue weighted by Gasteiger charge is 2.13. The van der Waals surface area contributed by atoms with Crippen LogP contribution in [0.25, 0.3) is 17.2 Å². The zero-order chi connectivity index (χ0) is 14.7. The molecular formula is C19H15NO. The summed E-state index contributed by atoms with van der Waals surface area (Å²) in [5.74, 6) is 6.00. The maximum Gasteiger partial charge on any atom is 0.241 e. The molecule has 1 aliphatic rings. The Hall–Kier alpha value is -2.79. The number of amides is 1. The minimum atomic E-state index is -0.446. The van der Waals surface area contributed by atoms with Gasteiger partial charge in [0.05, 0.1) is 0 Å². The van der Waals surface area contributed by atoms with Crippen molar-refractivity contribution in [3.63, 3.8) is 0 Å². The van der Waals surface area contributed by atoms with Gasteiger partial charge < -0.3 is 5.73 Å². The van der Waals surface area contributed by atoms with E-state index in [9.17, 15) is 4.79 Å². The van der Waals surface area contributed by atoms with E-state index in [-0.39, 0.29) is 0 Å². The number of carbonyl (C=O) groups is 1. The molecule has 0 heterocycles. The van der Waals surface area contributed by atoms with Gasteiger partial charge in [0, 0.05) is 23.6 Å². The molecule has 2 aromatic carbocycles. The smallest absolute Gasteiger partial charge is 0.241 e. The number of hydrogen-bond donors (Lipinski definition) is 1. The van der Waals surface area contributed by atoms with Gasteiger partial charge >= 0.3 is 0 Å². The van der Waals surface area contributed by atoms with E-state index in [1.807, 2.05) is 24.3 Å². The van der Waals surface area contributed by atoms with Gasteiger partial charge in [0.25, 0.3) is 0 Å². The Morgan fingerprint density at radius 3 is 2.86 bits per heavy atom. The van der Waals surface area contributed by atoms with Gasteiger partial charge in [0.15, 0.2) is 0 Å². The van der Waals surface area contributed by atoms with Crippen LogP contribution in [0.3, 0.4) is 0 Å².